The van der Waals surface area contributed by atoms with E-state index in [1.807, 2.05) is 20.8 Å². The zero-order chi connectivity index (χ0) is 11.4. The summed E-state index contributed by atoms with van der Waals surface area (Å²) in [5.41, 5.74) is -0.132. The molecule has 15 heavy (non-hydrogen) atoms. The van der Waals surface area contributed by atoms with E-state index < -0.39 is 0 Å². The molecule has 0 radical (unpaired) electrons. The van der Waals surface area contributed by atoms with Gasteiger partial charge in [-0.15, -0.1) is 6.58 Å². The van der Waals surface area contributed by atoms with Crippen LogP contribution in [-0.2, 0) is 0 Å². The van der Waals surface area contributed by atoms with Gasteiger partial charge in [-0.05, 0) is 6.92 Å². The van der Waals surface area contributed by atoms with Gasteiger partial charge in [0.15, 0.2) is 0 Å². The van der Waals surface area contributed by atoms with Crippen molar-refractivity contribution in [2.75, 3.05) is 5.32 Å². The zero-order valence-corrected chi connectivity index (χ0v) is 9.37. The molecule has 0 aromatic carbocycles. The number of H-pyrrole nitrogens is 1. The molecule has 0 bridgehead atoms. The van der Waals surface area contributed by atoms with E-state index in [4.69, 9.17) is 0 Å². The lowest BCUT2D eigenvalue weighted by atomic mass is 10.2. The van der Waals surface area contributed by atoms with Crippen molar-refractivity contribution in [1.29, 1.82) is 0 Å². The van der Waals surface area contributed by atoms with Gasteiger partial charge >= 0.3 is 0 Å². The Morgan fingerprint density at radius 3 is 2.73 bits per heavy atom. The van der Waals surface area contributed by atoms with Crippen LogP contribution < -0.4 is 10.9 Å². The van der Waals surface area contributed by atoms with E-state index in [1.165, 1.54) is 6.07 Å². The Balaban J connectivity index is 2.98. The fourth-order valence-electron chi connectivity index (χ4n) is 1.12. The standard InChI is InChI=1S/C11H17N3O/c1-5-8(4)12-9-6-10(15)14-11(13-9)7(2)3/h5-8H,1H2,2-4H3,(H2,12,13,14,15). The summed E-state index contributed by atoms with van der Waals surface area (Å²) in [5, 5.41) is 3.08. The summed E-state index contributed by atoms with van der Waals surface area (Å²) in [7, 11) is 0. The Morgan fingerprint density at radius 2 is 2.20 bits per heavy atom. The number of nitrogens with one attached hydrogen (secondary N) is 2. The average Bonchev–Trinajstić information content (AvgIpc) is 2.16. The number of rotatable bonds is 4. The quantitative estimate of drug-likeness (QED) is 0.741. The van der Waals surface area contributed by atoms with Gasteiger partial charge in [-0.25, -0.2) is 4.98 Å². The van der Waals surface area contributed by atoms with E-state index >= 15 is 0 Å². The third kappa shape index (κ3) is 3.23. The summed E-state index contributed by atoms with van der Waals surface area (Å²) in [6.45, 7) is 9.58. The normalized spacial score (nSPS) is 12.5. The summed E-state index contributed by atoms with van der Waals surface area (Å²) in [5.74, 6) is 1.49. The van der Waals surface area contributed by atoms with Crippen molar-refractivity contribution >= 4 is 5.82 Å². The molecule has 82 valence electrons. The summed E-state index contributed by atoms with van der Waals surface area (Å²) in [6.07, 6.45) is 1.76. The maximum Gasteiger partial charge on any atom is 0.252 e. The SMILES string of the molecule is C=CC(C)Nc1cc(=O)[nH]c(C(C)C)n1. The lowest BCUT2D eigenvalue weighted by Crippen LogP contribution is -2.18. The van der Waals surface area contributed by atoms with Gasteiger partial charge in [0.1, 0.15) is 11.6 Å². The summed E-state index contributed by atoms with van der Waals surface area (Å²) >= 11 is 0. The lowest BCUT2D eigenvalue weighted by molar-refractivity contribution is 0.765. The maximum absolute atomic E-state index is 11.3. The van der Waals surface area contributed by atoms with E-state index in [9.17, 15) is 4.79 Å². The number of aromatic amines is 1. The Bertz CT molecular complexity index is 395. The van der Waals surface area contributed by atoms with E-state index in [2.05, 4.69) is 21.9 Å². The van der Waals surface area contributed by atoms with Crippen LogP contribution in [0.15, 0.2) is 23.5 Å². The number of hydrogen-bond donors (Lipinski definition) is 2. The molecule has 0 fully saturated rings. The Kier molecular flexibility index (Phi) is 3.66. The second-order valence-corrected chi connectivity index (χ2v) is 3.84. The Hall–Kier alpha value is -1.58. The molecule has 1 atom stereocenters. The predicted octanol–water partition coefficient (Wildman–Crippen LogP) is 1.88. The van der Waals surface area contributed by atoms with Gasteiger partial charge in [-0.1, -0.05) is 19.9 Å². The molecule has 4 nitrogen and oxygen atoms in total. The van der Waals surface area contributed by atoms with Crippen molar-refractivity contribution in [3.8, 4) is 0 Å². The van der Waals surface area contributed by atoms with Crippen molar-refractivity contribution < 1.29 is 0 Å². The first-order valence-corrected chi connectivity index (χ1v) is 5.03. The van der Waals surface area contributed by atoms with E-state index in [-0.39, 0.29) is 17.5 Å². The van der Waals surface area contributed by atoms with E-state index in [0.29, 0.717) is 11.6 Å². The Morgan fingerprint density at radius 1 is 1.53 bits per heavy atom. The molecule has 1 heterocycles. The highest BCUT2D eigenvalue weighted by molar-refractivity contribution is 5.35. The minimum absolute atomic E-state index is 0.0966. The summed E-state index contributed by atoms with van der Waals surface area (Å²) < 4.78 is 0. The van der Waals surface area contributed by atoms with Crippen LogP contribution in [0.1, 0.15) is 32.5 Å². The van der Waals surface area contributed by atoms with Gasteiger partial charge in [0, 0.05) is 18.0 Å². The van der Waals surface area contributed by atoms with E-state index in [0.717, 1.165) is 0 Å². The largest absolute Gasteiger partial charge is 0.364 e. The van der Waals surface area contributed by atoms with E-state index in [1.54, 1.807) is 6.08 Å². The van der Waals surface area contributed by atoms with Crippen LogP contribution in [0.5, 0.6) is 0 Å². The third-order valence-corrected chi connectivity index (χ3v) is 2.04. The van der Waals surface area contributed by atoms with Gasteiger partial charge in [0.25, 0.3) is 5.56 Å². The molecule has 1 aromatic rings. The summed E-state index contributed by atoms with van der Waals surface area (Å²) in [6, 6.07) is 1.55. The highest BCUT2D eigenvalue weighted by atomic mass is 16.1. The molecule has 2 N–H and O–H groups in total. The molecule has 0 aliphatic heterocycles. The lowest BCUT2D eigenvalue weighted by Gasteiger charge is -2.11. The molecule has 0 saturated heterocycles. The minimum atomic E-state index is -0.132. The van der Waals surface area contributed by atoms with Crippen LogP contribution in [0.4, 0.5) is 5.82 Å². The number of hydrogen-bond acceptors (Lipinski definition) is 3. The molecule has 1 rings (SSSR count). The van der Waals surface area contributed by atoms with Gasteiger partial charge < -0.3 is 10.3 Å². The van der Waals surface area contributed by atoms with Crippen molar-refractivity contribution in [3.05, 3.63) is 34.9 Å². The molecule has 1 aromatic heterocycles. The zero-order valence-electron chi connectivity index (χ0n) is 9.37. The molecule has 0 aliphatic carbocycles. The number of aromatic nitrogens is 2. The van der Waals surface area contributed by atoms with Gasteiger partial charge in [0.05, 0.1) is 0 Å². The summed E-state index contributed by atoms with van der Waals surface area (Å²) in [4.78, 5) is 18.3. The van der Waals surface area contributed by atoms with Crippen LogP contribution in [0.25, 0.3) is 0 Å². The number of nitrogens with zero attached hydrogens (tertiary/aromatic N) is 1. The third-order valence-electron chi connectivity index (χ3n) is 2.04. The highest BCUT2D eigenvalue weighted by Crippen LogP contribution is 2.09. The second-order valence-electron chi connectivity index (χ2n) is 3.84. The number of anilines is 1. The smallest absolute Gasteiger partial charge is 0.252 e. The van der Waals surface area contributed by atoms with Crippen LogP contribution in [0.3, 0.4) is 0 Å². The highest BCUT2D eigenvalue weighted by Gasteiger charge is 2.05. The van der Waals surface area contributed by atoms with Crippen LogP contribution >= 0.6 is 0 Å². The fourth-order valence-corrected chi connectivity index (χ4v) is 1.12. The molecule has 0 aliphatic rings. The second kappa shape index (κ2) is 4.77. The first-order chi connectivity index (χ1) is 7.02. The maximum atomic E-state index is 11.3. The average molecular weight is 207 g/mol. The predicted molar refractivity (Wildman–Crippen MR) is 62.2 cm³/mol. The topological polar surface area (TPSA) is 57.8 Å². The molecule has 4 heteroatoms. The van der Waals surface area contributed by atoms with Crippen LogP contribution in [0.2, 0.25) is 0 Å². The van der Waals surface area contributed by atoms with Gasteiger partial charge in [-0.2, -0.15) is 0 Å². The first kappa shape index (κ1) is 11.5. The molecule has 0 amide bonds. The monoisotopic (exact) mass is 207 g/mol. The Labute approximate surface area is 89.4 Å². The van der Waals surface area contributed by atoms with Crippen molar-refractivity contribution in [2.24, 2.45) is 0 Å². The van der Waals surface area contributed by atoms with Gasteiger partial charge in [0.2, 0.25) is 0 Å². The van der Waals surface area contributed by atoms with Crippen molar-refractivity contribution in [2.45, 2.75) is 32.7 Å². The van der Waals surface area contributed by atoms with Crippen molar-refractivity contribution in [1.82, 2.24) is 9.97 Å². The molecule has 0 saturated carbocycles. The van der Waals surface area contributed by atoms with Crippen molar-refractivity contribution in [3.63, 3.8) is 0 Å². The molecular weight excluding hydrogens is 190 g/mol. The van der Waals surface area contributed by atoms with Crippen LogP contribution in [0, 0.1) is 0 Å². The molecule has 1 unspecified atom stereocenters. The fraction of sp³-hybridized carbons (Fsp3) is 0.455. The first-order valence-electron chi connectivity index (χ1n) is 5.03. The molecule has 0 spiro atoms. The molecular formula is C11H17N3O. The van der Waals surface area contributed by atoms with Gasteiger partial charge in [-0.3, -0.25) is 4.79 Å². The van der Waals surface area contributed by atoms with Crippen LogP contribution in [-0.4, -0.2) is 16.0 Å². The minimum Gasteiger partial charge on any atom is -0.364 e.